The molecule has 0 aliphatic carbocycles. The van der Waals surface area contributed by atoms with Gasteiger partial charge in [-0.15, -0.1) is 11.3 Å². The molecule has 2 nitrogen and oxygen atoms in total. The number of nitrogens with zero attached hydrogens (tertiary/aromatic N) is 2. The van der Waals surface area contributed by atoms with Crippen molar-refractivity contribution < 1.29 is 0 Å². The standard InChI is InChI=1S/C36H22N2S/c1-2-10-23(11-3-1)37-29-15-7-4-12-25(29)28-22-24(18-19-31(28)37)38-30-16-8-5-13-26(30)35-32(38)20-21-34-36(35)27-14-6-9-17-33(27)39-34/h1-22H. The van der Waals surface area contributed by atoms with Gasteiger partial charge in [-0.25, -0.2) is 0 Å². The Bertz CT molecular complexity index is 2390. The van der Waals surface area contributed by atoms with E-state index in [1.807, 2.05) is 11.3 Å². The topological polar surface area (TPSA) is 9.86 Å². The molecule has 0 aliphatic rings. The Morgan fingerprint density at radius 1 is 0.359 bits per heavy atom. The van der Waals surface area contributed by atoms with Crippen LogP contribution in [0.2, 0.25) is 0 Å². The predicted molar refractivity (Wildman–Crippen MR) is 168 cm³/mol. The fraction of sp³-hybridized carbons (Fsp3) is 0. The molecule has 3 heterocycles. The molecule has 0 amide bonds. The summed E-state index contributed by atoms with van der Waals surface area (Å²) in [5, 5.41) is 7.88. The average Bonchev–Trinajstić information content (AvgIpc) is 3.64. The number of rotatable bonds is 2. The highest BCUT2D eigenvalue weighted by molar-refractivity contribution is 7.26. The molecule has 0 radical (unpaired) electrons. The van der Waals surface area contributed by atoms with Crippen LogP contribution in [-0.4, -0.2) is 9.13 Å². The van der Waals surface area contributed by atoms with Crippen LogP contribution in [0.1, 0.15) is 0 Å². The third-order valence-corrected chi connectivity index (χ3v) is 9.24. The van der Waals surface area contributed by atoms with Gasteiger partial charge in [-0.3, -0.25) is 0 Å². The first-order chi connectivity index (χ1) is 19.4. The highest BCUT2D eigenvalue weighted by atomic mass is 32.1. The molecule has 6 aromatic carbocycles. The molecule has 9 aromatic rings. The van der Waals surface area contributed by atoms with E-state index in [0.717, 1.165) is 0 Å². The number of para-hydroxylation sites is 3. The molecule has 3 heteroatoms. The van der Waals surface area contributed by atoms with Crippen molar-refractivity contribution in [3.8, 4) is 11.4 Å². The summed E-state index contributed by atoms with van der Waals surface area (Å²) in [6.45, 7) is 0. The first-order valence-electron chi connectivity index (χ1n) is 13.3. The van der Waals surface area contributed by atoms with Gasteiger partial charge in [-0.05, 0) is 60.7 Å². The minimum absolute atomic E-state index is 1.18. The van der Waals surface area contributed by atoms with Crippen LogP contribution in [-0.2, 0) is 0 Å². The summed E-state index contributed by atoms with van der Waals surface area (Å²) >= 11 is 1.88. The van der Waals surface area contributed by atoms with Crippen molar-refractivity contribution in [1.29, 1.82) is 0 Å². The van der Waals surface area contributed by atoms with Gasteiger partial charge in [-0.1, -0.05) is 72.8 Å². The fourth-order valence-corrected chi connectivity index (χ4v) is 7.62. The molecule has 182 valence electrons. The van der Waals surface area contributed by atoms with E-state index in [2.05, 4.69) is 143 Å². The molecule has 0 saturated carbocycles. The molecular weight excluding hydrogens is 492 g/mol. The minimum Gasteiger partial charge on any atom is -0.309 e. The third-order valence-electron chi connectivity index (χ3n) is 8.11. The van der Waals surface area contributed by atoms with Gasteiger partial charge >= 0.3 is 0 Å². The Kier molecular flexibility index (Phi) is 4.24. The average molecular weight is 515 g/mol. The van der Waals surface area contributed by atoms with Crippen LogP contribution < -0.4 is 0 Å². The van der Waals surface area contributed by atoms with Crippen molar-refractivity contribution >= 4 is 75.1 Å². The van der Waals surface area contributed by atoms with E-state index >= 15 is 0 Å². The zero-order valence-electron chi connectivity index (χ0n) is 21.0. The Hall–Kier alpha value is -4.86. The molecule has 3 aromatic heterocycles. The van der Waals surface area contributed by atoms with Crippen LogP contribution in [0.5, 0.6) is 0 Å². The molecule has 0 saturated heterocycles. The Morgan fingerprint density at radius 2 is 0.974 bits per heavy atom. The molecule has 0 fully saturated rings. The number of benzene rings is 6. The summed E-state index contributed by atoms with van der Waals surface area (Å²) in [5.41, 5.74) is 7.30. The molecule has 0 aliphatic heterocycles. The Morgan fingerprint density at radius 3 is 1.82 bits per heavy atom. The molecule has 0 unspecified atom stereocenters. The van der Waals surface area contributed by atoms with Crippen LogP contribution in [0.15, 0.2) is 133 Å². The number of hydrogen-bond acceptors (Lipinski definition) is 1. The van der Waals surface area contributed by atoms with Gasteiger partial charge in [0.05, 0.1) is 22.1 Å². The summed E-state index contributed by atoms with van der Waals surface area (Å²) in [7, 11) is 0. The number of thiophene rings is 1. The molecule has 9 rings (SSSR count). The van der Waals surface area contributed by atoms with Crippen LogP contribution in [0.3, 0.4) is 0 Å². The molecule has 0 atom stereocenters. The maximum Gasteiger partial charge on any atom is 0.0548 e. The van der Waals surface area contributed by atoms with Gasteiger partial charge < -0.3 is 9.13 Å². The van der Waals surface area contributed by atoms with E-state index in [-0.39, 0.29) is 0 Å². The summed E-state index contributed by atoms with van der Waals surface area (Å²) in [4.78, 5) is 0. The van der Waals surface area contributed by atoms with Crippen molar-refractivity contribution in [3.63, 3.8) is 0 Å². The summed E-state index contributed by atoms with van der Waals surface area (Å²) in [6.07, 6.45) is 0. The highest BCUT2D eigenvalue weighted by Crippen LogP contribution is 2.43. The summed E-state index contributed by atoms with van der Waals surface area (Å²) in [6, 6.07) is 48.6. The monoisotopic (exact) mass is 514 g/mol. The van der Waals surface area contributed by atoms with Crippen LogP contribution in [0.25, 0.3) is 75.2 Å². The maximum atomic E-state index is 2.45. The summed E-state index contributed by atoms with van der Waals surface area (Å²) in [5.74, 6) is 0. The molecule has 0 bridgehead atoms. The van der Waals surface area contributed by atoms with Crippen LogP contribution >= 0.6 is 11.3 Å². The van der Waals surface area contributed by atoms with Gasteiger partial charge in [0.1, 0.15) is 0 Å². The van der Waals surface area contributed by atoms with Crippen molar-refractivity contribution in [3.05, 3.63) is 133 Å². The van der Waals surface area contributed by atoms with Gasteiger partial charge in [0.25, 0.3) is 0 Å². The second kappa shape index (κ2) is 7.83. The van der Waals surface area contributed by atoms with Gasteiger partial charge in [-0.2, -0.15) is 0 Å². The fourth-order valence-electron chi connectivity index (χ4n) is 6.51. The van der Waals surface area contributed by atoms with Crippen LogP contribution in [0, 0.1) is 0 Å². The molecule has 0 spiro atoms. The largest absolute Gasteiger partial charge is 0.309 e. The van der Waals surface area contributed by atoms with Crippen molar-refractivity contribution in [1.82, 2.24) is 9.13 Å². The smallest absolute Gasteiger partial charge is 0.0548 e. The van der Waals surface area contributed by atoms with Crippen LogP contribution in [0.4, 0.5) is 0 Å². The number of fused-ring (bicyclic) bond motifs is 10. The SMILES string of the molecule is c1ccc(-n2c3ccccc3c3cc(-n4c5ccccc5c5c6c(ccc54)sc4ccccc46)ccc32)cc1. The molecule has 0 N–H and O–H groups in total. The number of hydrogen-bond donors (Lipinski definition) is 0. The van der Waals surface area contributed by atoms with Gasteiger partial charge in [0.2, 0.25) is 0 Å². The zero-order chi connectivity index (χ0) is 25.5. The third kappa shape index (κ3) is 2.85. The lowest BCUT2D eigenvalue weighted by atomic mass is 10.1. The normalized spacial score (nSPS) is 12.1. The lowest BCUT2D eigenvalue weighted by molar-refractivity contribution is 1.17. The lowest BCUT2D eigenvalue weighted by Crippen LogP contribution is -1.95. The van der Waals surface area contributed by atoms with E-state index in [9.17, 15) is 0 Å². The molecule has 39 heavy (non-hydrogen) atoms. The molecular formula is C36H22N2S. The van der Waals surface area contributed by atoms with Crippen molar-refractivity contribution in [2.45, 2.75) is 0 Å². The maximum absolute atomic E-state index is 2.45. The van der Waals surface area contributed by atoms with Gasteiger partial charge in [0.15, 0.2) is 0 Å². The summed E-state index contributed by atoms with van der Waals surface area (Å²) < 4.78 is 7.51. The lowest BCUT2D eigenvalue weighted by Gasteiger charge is -2.10. The Labute approximate surface area is 228 Å². The highest BCUT2D eigenvalue weighted by Gasteiger charge is 2.19. The number of aromatic nitrogens is 2. The van der Waals surface area contributed by atoms with Gasteiger partial charge in [0, 0.05) is 53.1 Å². The van der Waals surface area contributed by atoms with E-state index < -0.39 is 0 Å². The second-order valence-corrected chi connectivity index (χ2v) is 11.3. The van der Waals surface area contributed by atoms with E-state index in [1.54, 1.807) is 0 Å². The van der Waals surface area contributed by atoms with Crippen molar-refractivity contribution in [2.75, 3.05) is 0 Å². The van der Waals surface area contributed by atoms with E-state index in [0.29, 0.717) is 0 Å². The quantitative estimate of drug-likeness (QED) is 0.217. The Balaban J connectivity index is 1.41. The predicted octanol–water partition coefficient (Wildman–Crippen LogP) is 10.2. The van der Waals surface area contributed by atoms with Crippen molar-refractivity contribution in [2.24, 2.45) is 0 Å². The zero-order valence-corrected chi connectivity index (χ0v) is 21.8. The second-order valence-electron chi connectivity index (χ2n) is 10.2. The minimum atomic E-state index is 1.18. The van der Waals surface area contributed by atoms with E-state index in [4.69, 9.17) is 0 Å². The first-order valence-corrected chi connectivity index (χ1v) is 14.1. The first kappa shape index (κ1) is 21.1. The van der Waals surface area contributed by atoms with E-state index in [1.165, 1.54) is 75.2 Å².